The minimum atomic E-state index is -0.937. The van der Waals surface area contributed by atoms with Crippen molar-refractivity contribution in [1.82, 2.24) is 4.98 Å². The normalized spacial score (nSPS) is 9.68. The first-order valence-electron chi connectivity index (χ1n) is 5.45. The maximum absolute atomic E-state index is 11.8. The third kappa shape index (κ3) is 3.53. The monoisotopic (exact) mass is 257 g/mol. The van der Waals surface area contributed by atoms with Crippen molar-refractivity contribution in [3.05, 3.63) is 54.2 Å². The molecule has 0 aliphatic rings. The van der Waals surface area contributed by atoms with Crippen molar-refractivity contribution in [3.63, 3.8) is 0 Å². The Balaban J connectivity index is 2.04. The van der Waals surface area contributed by atoms with Crippen molar-refractivity contribution in [2.45, 2.75) is 0 Å². The fraction of sp³-hybridized carbons (Fsp3) is 0. The van der Waals surface area contributed by atoms with Crippen molar-refractivity contribution in [2.24, 2.45) is 5.73 Å². The molecule has 2 rings (SSSR count). The summed E-state index contributed by atoms with van der Waals surface area (Å²) in [4.78, 5) is 26.2. The van der Waals surface area contributed by atoms with Crippen molar-refractivity contribution in [2.75, 3.05) is 5.32 Å². The summed E-state index contributed by atoms with van der Waals surface area (Å²) in [5.74, 6) is -0.170. The van der Waals surface area contributed by atoms with Gasteiger partial charge in [-0.25, -0.2) is 9.78 Å². The summed E-state index contributed by atoms with van der Waals surface area (Å²) in [5, 5.41) is 2.67. The number of carbonyl (C=O) groups excluding carboxylic acids is 2. The number of carbonyl (C=O) groups is 2. The smallest absolute Gasteiger partial charge is 0.391 e. The number of rotatable bonds is 3. The first-order valence-corrected chi connectivity index (χ1v) is 5.45. The molecule has 1 aromatic heterocycles. The predicted octanol–water partition coefficient (Wildman–Crippen LogP) is 1.79. The Morgan fingerprint density at radius 2 is 1.84 bits per heavy atom. The number of ether oxygens (including phenoxy) is 1. The molecule has 0 aliphatic carbocycles. The van der Waals surface area contributed by atoms with Gasteiger partial charge in [0.2, 0.25) is 5.88 Å². The van der Waals surface area contributed by atoms with E-state index < -0.39 is 6.09 Å². The van der Waals surface area contributed by atoms with E-state index in [0.717, 1.165) is 0 Å². The summed E-state index contributed by atoms with van der Waals surface area (Å²) in [6.07, 6.45) is 0.438. The number of primary amides is 1. The van der Waals surface area contributed by atoms with Gasteiger partial charge in [-0.1, -0.05) is 18.2 Å². The highest BCUT2D eigenvalue weighted by molar-refractivity contribution is 6.04. The van der Waals surface area contributed by atoms with Crippen LogP contribution in [0.25, 0.3) is 0 Å². The molecule has 19 heavy (non-hydrogen) atoms. The number of benzene rings is 1. The topological polar surface area (TPSA) is 94.3 Å². The molecule has 0 bridgehead atoms. The van der Waals surface area contributed by atoms with Gasteiger partial charge in [-0.15, -0.1) is 0 Å². The number of aromatic nitrogens is 1. The van der Waals surface area contributed by atoms with E-state index in [1.165, 1.54) is 12.3 Å². The minimum absolute atomic E-state index is 0.0743. The molecule has 0 saturated heterocycles. The van der Waals surface area contributed by atoms with Gasteiger partial charge in [0.05, 0.1) is 11.9 Å². The van der Waals surface area contributed by atoms with Crippen LogP contribution in [0, 0.1) is 0 Å². The van der Waals surface area contributed by atoms with Crippen LogP contribution in [0.4, 0.5) is 10.5 Å². The van der Waals surface area contributed by atoms with Gasteiger partial charge in [0, 0.05) is 11.6 Å². The lowest BCUT2D eigenvalue weighted by Gasteiger charge is -2.05. The van der Waals surface area contributed by atoms with E-state index in [-0.39, 0.29) is 11.8 Å². The molecular formula is C13H11N3O3. The zero-order valence-corrected chi connectivity index (χ0v) is 9.87. The summed E-state index contributed by atoms with van der Waals surface area (Å²) < 4.78 is 4.57. The molecule has 0 saturated carbocycles. The Morgan fingerprint density at radius 3 is 2.42 bits per heavy atom. The predicted molar refractivity (Wildman–Crippen MR) is 68.8 cm³/mol. The van der Waals surface area contributed by atoms with Crippen LogP contribution in [-0.4, -0.2) is 17.0 Å². The highest BCUT2D eigenvalue weighted by atomic mass is 16.6. The number of hydrogen-bond donors (Lipinski definition) is 2. The van der Waals surface area contributed by atoms with Crippen LogP contribution in [0.15, 0.2) is 48.7 Å². The van der Waals surface area contributed by atoms with E-state index in [1.54, 1.807) is 30.3 Å². The number of hydrogen-bond acceptors (Lipinski definition) is 4. The van der Waals surface area contributed by atoms with Gasteiger partial charge in [-0.05, 0) is 18.2 Å². The molecule has 0 fully saturated rings. The average Bonchev–Trinajstić information content (AvgIpc) is 2.41. The Bertz CT molecular complexity index is 582. The second-order valence-corrected chi connectivity index (χ2v) is 3.63. The molecule has 0 spiro atoms. The van der Waals surface area contributed by atoms with E-state index in [4.69, 9.17) is 5.73 Å². The van der Waals surface area contributed by atoms with Gasteiger partial charge in [0.1, 0.15) is 0 Å². The summed E-state index contributed by atoms with van der Waals surface area (Å²) in [6, 6.07) is 11.8. The third-order valence-corrected chi connectivity index (χ3v) is 2.24. The number of nitrogens with two attached hydrogens (primary N) is 1. The molecule has 2 amide bonds. The Kier molecular flexibility index (Phi) is 3.72. The molecule has 0 atom stereocenters. The van der Waals surface area contributed by atoms with Gasteiger partial charge >= 0.3 is 6.09 Å². The SMILES string of the molecule is NC(=O)Oc1ccc(NC(=O)c2ccccc2)cn1. The molecule has 0 aliphatic heterocycles. The molecule has 6 nitrogen and oxygen atoms in total. The fourth-order valence-corrected chi connectivity index (χ4v) is 1.41. The second-order valence-electron chi connectivity index (χ2n) is 3.63. The summed E-state index contributed by atoms with van der Waals surface area (Å²) >= 11 is 0. The highest BCUT2D eigenvalue weighted by Crippen LogP contribution is 2.12. The van der Waals surface area contributed by atoms with Crippen LogP contribution in [0.3, 0.4) is 0 Å². The molecule has 96 valence electrons. The van der Waals surface area contributed by atoms with E-state index in [1.807, 2.05) is 6.07 Å². The molecule has 0 unspecified atom stereocenters. The van der Waals surface area contributed by atoms with Crippen LogP contribution in [0.5, 0.6) is 5.88 Å². The van der Waals surface area contributed by atoms with E-state index in [2.05, 4.69) is 15.0 Å². The average molecular weight is 257 g/mol. The summed E-state index contributed by atoms with van der Waals surface area (Å²) in [6.45, 7) is 0. The van der Waals surface area contributed by atoms with Gasteiger partial charge < -0.3 is 15.8 Å². The largest absolute Gasteiger partial charge is 0.411 e. The minimum Gasteiger partial charge on any atom is -0.391 e. The lowest BCUT2D eigenvalue weighted by Crippen LogP contribution is -2.17. The van der Waals surface area contributed by atoms with Crippen LogP contribution < -0.4 is 15.8 Å². The number of nitrogens with one attached hydrogen (secondary N) is 1. The van der Waals surface area contributed by atoms with Crippen LogP contribution in [-0.2, 0) is 0 Å². The van der Waals surface area contributed by atoms with E-state index in [9.17, 15) is 9.59 Å². The zero-order chi connectivity index (χ0) is 13.7. The molecule has 2 aromatic rings. The van der Waals surface area contributed by atoms with Crippen molar-refractivity contribution in [3.8, 4) is 5.88 Å². The Hall–Kier alpha value is -2.89. The fourth-order valence-electron chi connectivity index (χ4n) is 1.41. The molecular weight excluding hydrogens is 246 g/mol. The number of amides is 2. The Morgan fingerprint density at radius 1 is 1.11 bits per heavy atom. The van der Waals surface area contributed by atoms with Gasteiger partial charge in [-0.2, -0.15) is 0 Å². The highest BCUT2D eigenvalue weighted by Gasteiger charge is 2.06. The van der Waals surface area contributed by atoms with Crippen LogP contribution in [0.1, 0.15) is 10.4 Å². The van der Waals surface area contributed by atoms with Crippen LogP contribution in [0.2, 0.25) is 0 Å². The lowest BCUT2D eigenvalue weighted by atomic mass is 10.2. The molecule has 6 heteroatoms. The first kappa shape index (κ1) is 12.6. The molecule has 1 heterocycles. The molecule has 0 radical (unpaired) electrons. The first-order chi connectivity index (χ1) is 9.15. The van der Waals surface area contributed by atoms with Crippen molar-refractivity contribution >= 4 is 17.7 Å². The van der Waals surface area contributed by atoms with E-state index in [0.29, 0.717) is 11.3 Å². The maximum Gasteiger partial charge on any atom is 0.411 e. The second kappa shape index (κ2) is 5.63. The Labute approximate surface area is 109 Å². The van der Waals surface area contributed by atoms with Gasteiger partial charge in [-0.3, -0.25) is 4.79 Å². The summed E-state index contributed by atoms with van der Waals surface area (Å²) in [7, 11) is 0. The standard InChI is InChI=1S/C13H11N3O3/c14-13(18)19-11-7-6-10(8-15-11)16-12(17)9-4-2-1-3-5-9/h1-8H,(H2,14,18)(H,16,17). The maximum atomic E-state index is 11.8. The van der Waals surface area contributed by atoms with Crippen LogP contribution >= 0.6 is 0 Å². The third-order valence-electron chi connectivity index (χ3n) is 2.24. The van der Waals surface area contributed by atoms with Gasteiger partial charge in [0.15, 0.2) is 0 Å². The number of anilines is 1. The number of pyridine rings is 1. The van der Waals surface area contributed by atoms with Crippen molar-refractivity contribution in [1.29, 1.82) is 0 Å². The molecule has 3 N–H and O–H groups in total. The number of nitrogens with zero attached hydrogens (tertiary/aromatic N) is 1. The quantitative estimate of drug-likeness (QED) is 0.876. The zero-order valence-electron chi connectivity index (χ0n) is 9.87. The van der Waals surface area contributed by atoms with Gasteiger partial charge in [0.25, 0.3) is 5.91 Å². The summed E-state index contributed by atoms with van der Waals surface area (Å²) in [5.41, 5.74) is 5.88. The molecule has 1 aromatic carbocycles. The van der Waals surface area contributed by atoms with Crippen molar-refractivity contribution < 1.29 is 14.3 Å². The van der Waals surface area contributed by atoms with E-state index >= 15 is 0 Å². The lowest BCUT2D eigenvalue weighted by molar-refractivity contribution is 0.102.